The molecule has 0 atom stereocenters. The first-order chi connectivity index (χ1) is 11.3. The van der Waals surface area contributed by atoms with Crippen LogP contribution in [0, 0.1) is 0 Å². The fourth-order valence-corrected chi connectivity index (χ4v) is 4.09. The molecular weight excluding hydrogens is 371 g/mol. The van der Waals surface area contributed by atoms with Gasteiger partial charge in [-0.2, -0.15) is 0 Å². The van der Waals surface area contributed by atoms with E-state index in [4.69, 9.17) is 23.2 Å². The van der Waals surface area contributed by atoms with E-state index in [2.05, 4.69) is 11.6 Å². The zero-order chi connectivity index (χ0) is 17.5. The molecule has 0 spiro atoms. The topological polar surface area (TPSA) is 70.2 Å². The van der Waals surface area contributed by atoms with Gasteiger partial charge in [-0.05, 0) is 12.1 Å². The van der Waals surface area contributed by atoms with Gasteiger partial charge in [-0.1, -0.05) is 29.8 Å². The number of benzene rings is 1. The van der Waals surface area contributed by atoms with Crippen molar-refractivity contribution in [2.45, 2.75) is 19.4 Å². The largest absolute Gasteiger partial charge is 0.357 e. The molecule has 0 bridgehead atoms. The number of H-pyrrole nitrogens is 1. The first-order valence-electron chi connectivity index (χ1n) is 7.42. The van der Waals surface area contributed by atoms with E-state index in [1.54, 1.807) is 11.0 Å². The molecule has 1 amide bonds. The normalized spacial score (nSPS) is 14.7. The minimum Gasteiger partial charge on any atom is -0.357 e. The Bertz CT molecular complexity index is 934. The van der Waals surface area contributed by atoms with Crippen molar-refractivity contribution >= 4 is 49.8 Å². The van der Waals surface area contributed by atoms with Crippen LogP contribution in [0.25, 0.3) is 10.9 Å². The van der Waals surface area contributed by atoms with Gasteiger partial charge in [-0.25, -0.2) is 8.42 Å². The molecule has 1 aromatic carbocycles. The van der Waals surface area contributed by atoms with Crippen molar-refractivity contribution in [3.8, 4) is 0 Å². The molecule has 24 heavy (non-hydrogen) atoms. The number of sulfone groups is 1. The van der Waals surface area contributed by atoms with Crippen LogP contribution < -0.4 is 0 Å². The number of carbonyl (C=O) groups excluding carboxylic acids is 1. The third kappa shape index (κ3) is 3.31. The maximum absolute atomic E-state index is 12.3. The molecule has 1 N–H and O–H groups in total. The summed E-state index contributed by atoms with van der Waals surface area (Å²) in [5.41, 5.74) is 2.84. The van der Waals surface area contributed by atoms with Crippen molar-refractivity contribution in [2.75, 3.05) is 12.3 Å². The minimum absolute atomic E-state index is 0.0481. The fourth-order valence-electron chi connectivity index (χ4n) is 2.92. The van der Waals surface area contributed by atoms with E-state index in [0.717, 1.165) is 27.6 Å². The molecule has 0 radical (unpaired) electrons. The van der Waals surface area contributed by atoms with Crippen LogP contribution >= 0.6 is 23.2 Å². The Labute approximate surface area is 150 Å². The molecule has 128 valence electrons. The van der Waals surface area contributed by atoms with Crippen LogP contribution in [-0.4, -0.2) is 36.5 Å². The smallest absolute Gasteiger partial charge is 0.223 e. The van der Waals surface area contributed by atoms with E-state index in [0.29, 0.717) is 29.6 Å². The van der Waals surface area contributed by atoms with Gasteiger partial charge in [-0.15, -0.1) is 0 Å². The zero-order valence-electron chi connectivity index (χ0n) is 12.8. The van der Waals surface area contributed by atoms with Gasteiger partial charge in [0.25, 0.3) is 0 Å². The molecule has 2 aromatic rings. The summed E-state index contributed by atoms with van der Waals surface area (Å²) < 4.78 is 22.9. The van der Waals surface area contributed by atoms with E-state index in [9.17, 15) is 13.2 Å². The standard InChI is InChI=1S/C16H16Cl2N2O3S/c1-2-24(22,23)6-4-15(21)20-5-3-14-12(9-20)11-7-10(17)8-13(18)16(11)19-14/h2,7-8,19H,1,3-6,9H2. The number of nitrogens with one attached hydrogen (secondary N) is 1. The molecular formula is C16H16Cl2N2O3S. The molecule has 8 heteroatoms. The number of halogens is 2. The van der Waals surface area contributed by atoms with Crippen molar-refractivity contribution in [3.05, 3.63) is 45.4 Å². The SMILES string of the molecule is C=CS(=O)(=O)CCC(=O)N1CCc2[nH]c3c(Cl)cc(Cl)cc3c2C1. The Morgan fingerprint density at radius 2 is 2.12 bits per heavy atom. The van der Waals surface area contributed by atoms with Gasteiger partial charge in [-0.3, -0.25) is 4.79 Å². The van der Waals surface area contributed by atoms with Crippen molar-refractivity contribution < 1.29 is 13.2 Å². The highest BCUT2D eigenvalue weighted by atomic mass is 35.5. The van der Waals surface area contributed by atoms with Crippen LogP contribution in [0.5, 0.6) is 0 Å². The van der Waals surface area contributed by atoms with Crippen molar-refractivity contribution in [1.82, 2.24) is 9.88 Å². The Morgan fingerprint density at radius 1 is 1.38 bits per heavy atom. The van der Waals surface area contributed by atoms with Crippen LogP contribution in [0.4, 0.5) is 0 Å². The maximum Gasteiger partial charge on any atom is 0.223 e. The number of nitrogens with zero attached hydrogens (tertiary/aromatic N) is 1. The lowest BCUT2D eigenvalue weighted by Crippen LogP contribution is -2.36. The number of amides is 1. The molecule has 2 heterocycles. The van der Waals surface area contributed by atoms with Crippen LogP contribution in [0.2, 0.25) is 10.0 Å². The summed E-state index contributed by atoms with van der Waals surface area (Å²) in [6.07, 6.45) is 0.617. The summed E-state index contributed by atoms with van der Waals surface area (Å²) in [6, 6.07) is 3.50. The monoisotopic (exact) mass is 386 g/mol. The van der Waals surface area contributed by atoms with Gasteiger partial charge < -0.3 is 9.88 Å². The van der Waals surface area contributed by atoms with E-state index >= 15 is 0 Å². The molecule has 0 unspecified atom stereocenters. The Balaban J connectivity index is 1.84. The number of carbonyl (C=O) groups is 1. The number of aromatic amines is 1. The first-order valence-corrected chi connectivity index (χ1v) is 9.89. The summed E-state index contributed by atoms with van der Waals surface area (Å²) in [5, 5.41) is 2.87. The van der Waals surface area contributed by atoms with Gasteiger partial charge in [0, 0.05) is 53.0 Å². The highest BCUT2D eigenvalue weighted by molar-refractivity contribution is 7.94. The number of rotatable bonds is 4. The van der Waals surface area contributed by atoms with Gasteiger partial charge in [0.2, 0.25) is 5.91 Å². The molecule has 0 saturated carbocycles. The van der Waals surface area contributed by atoms with E-state index in [-0.39, 0.29) is 18.1 Å². The average Bonchev–Trinajstić information content (AvgIpc) is 2.91. The van der Waals surface area contributed by atoms with Gasteiger partial charge in [0.15, 0.2) is 9.84 Å². The van der Waals surface area contributed by atoms with Gasteiger partial charge >= 0.3 is 0 Å². The molecule has 1 aliphatic heterocycles. The molecule has 1 aliphatic rings. The Morgan fingerprint density at radius 3 is 2.83 bits per heavy atom. The van der Waals surface area contributed by atoms with Crippen molar-refractivity contribution in [1.29, 1.82) is 0 Å². The summed E-state index contributed by atoms with van der Waals surface area (Å²) >= 11 is 12.3. The number of hydrogen-bond donors (Lipinski definition) is 1. The summed E-state index contributed by atoms with van der Waals surface area (Å²) in [6.45, 7) is 4.21. The minimum atomic E-state index is -3.37. The lowest BCUT2D eigenvalue weighted by molar-refractivity contribution is -0.131. The summed E-state index contributed by atoms with van der Waals surface area (Å²) in [7, 11) is -3.37. The second kappa shape index (κ2) is 6.43. The number of aromatic nitrogens is 1. The van der Waals surface area contributed by atoms with Crippen molar-refractivity contribution in [3.63, 3.8) is 0 Å². The van der Waals surface area contributed by atoms with Crippen LogP contribution in [0.15, 0.2) is 24.1 Å². The van der Waals surface area contributed by atoms with E-state index < -0.39 is 9.84 Å². The van der Waals surface area contributed by atoms with Gasteiger partial charge in [0.05, 0.1) is 16.3 Å². The van der Waals surface area contributed by atoms with Gasteiger partial charge in [0.1, 0.15) is 0 Å². The second-order valence-corrected chi connectivity index (χ2v) is 8.65. The Kier molecular flexibility index (Phi) is 4.64. The number of fused-ring (bicyclic) bond motifs is 3. The van der Waals surface area contributed by atoms with E-state index in [1.807, 2.05) is 6.07 Å². The molecule has 0 aliphatic carbocycles. The van der Waals surface area contributed by atoms with E-state index in [1.165, 1.54) is 0 Å². The summed E-state index contributed by atoms with van der Waals surface area (Å²) in [5.74, 6) is -0.405. The molecule has 5 nitrogen and oxygen atoms in total. The maximum atomic E-state index is 12.3. The van der Waals surface area contributed by atoms with Crippen molar-refractivity contribution in [2.24, 2.45) is 0 Å². The molecule has 3 rings (SSSR count). The Hall–Kier alpha value is -1.50. The number of hydrogen-bond acceptors (Lipinski definition) is 3. The highest BCUT2D eigenvalue weighted by Crippen LogP contribution is 2.34. The molecule has 1 aromatic heterocycles. The van der Waals surface area contributed by atoms with Crippen LogP contribution in [-0.2, 0) is 27.6 Å². The molecule has 0 fully saturated rings. The zero-order valence-corrected chi connectivity index (χ0v) is 15.1. The summed E-state index contributed by atoms with van der Waals surface area (Å²) in [4.78, 5) is 17.3. The average molecular weight is 387 g/mol. The van der Waals surface area contributed by atoms with Crippen LogP contribution in [0.1, 0.15) is 17.7 Å². The second-order valence-electron chi connectivity index (χ2n) is 5.74. The fraction of sp³-hybridized carbons (Fsp3) is 0.312. The highest BCUT2D eigenvalue weighted by Gasteiger charge is 2.25. The van der Waals surface area contributed by atoms with Crippen LogP contribution in [0.3, 0.4) is 0 Å². The third-order valence-corrected chi connectivity index (χ3v) is 6.01. The lowest BCUT2D eigenvalue weighted by atomic mass is 10.0. The third-order valence-electron chi connectivity index (χ3n) is 4.21. The quantitative estimate of drug-likeness (QED) is 0.875. The predicted octanol–water partition coefficient (Wildman–Crippen LogP) is 3.31. The molecule has 0 saturated heterocycles. The first kappa shape index (κ1) is 17.3. The predicted molar refractivity (Wildman–Crippen MR) is 96.0 cm³/mol. The lowest BCUT2D eigenvalue weighted by Gasteiger charge is -2.27.